The fraction of sp³-hybridized carbons (Fsp3) is 0.667. The van der Waals surface area contributed by atoms with Crippen molar-refractivity contribution in [2.75, 3.05) is 13.7 Å². The number of nitrogens with zero attached hydrogens (tertiary/aromatic N) is 1. The Morgan fingerprint density at radius 2 is 2.12 bits per heavy atom. The third-order valence-electron chi connectivity index (χ3n) is 8.02. The summed E-state index contributed by atoms with van der Waals surface area (Å²) in [6.07, 6.45) is 11.7. The van der Waals surface area contributed by atoms with Crippen LogP contribution >= 0.6 is 0 Å². The van der Waals surface area contributed by atoms with Gasteiger partial charge in [0.2, 0.25) is 5.91 Å². The largest absolute Gasteiger partial charge is 0.388 e. The van der Waals surface area contributed by atoms with Crippen molar-refractivity contribution < 1.29 is 19.7 Å². The Morgan fingerprint density at radius 1 is 1.41 bits per heavy atom. The van der Waals surface area contributed by atoms with Crippen molar-refractivity contribution in [3.05, 3.63) is 47.1 Å². The minimum Gasteiger partial charge on any atom is -0.388 e. The summed E-state index contributed by atoms with van der Waals surface area (Å²) < 4.78 is 5.65. The van der Waals surface area contributed by atoms with Gasteiger partial charge in [0.05, 0.1) is 6.10 Å². The number of carbonyl (C=O) groups excluding carboxylic acids is 1. The van der Waals surface area contributed by atoms with E-state index in [-0.39, 0.29) is 36.8 Å². The van der Waals surface area contributed by atoms with Gasteiger partial charge in [0.15, 0.2) is 5.79 Å². The van der Waals surface area contributed by atoms with Gasteiger partial charge in [0.1, 0.15) is 6.61 Å². The molecular weight excluding hydrogens is 402 g/mol. The maximum Gasteiger partial charge on any atom is 0.248 e. The fourth-order valence-corrected chi connectivity index (χ4v) is 5.65. The van der Waals surface area contributed by atoms with Crippen LogP contribution in [0.4, 0.5) is 0 Å². The average Bonchev–Trinajstić information content (AvgIpc) is 3.09. The van der Waals surface area contributed by atoms with Gasteiger partial charge in [-0.15, -0.1) is 0 Å². The van der Waals surface area contributed by atoms with E-state index in [9.17, 15) is 15.0 Å². The second kappa shape index (κ2) is 9.66. The second-order valence-electron chi connectivity index (χ2n) is 10.3. The van der Waals surface area contributed by atoms with Crippen LogP contribution in [0.1, 0.15) is 72.6 Å². The smallest absolute Gasteiger partial charge is 0.248 e. The number of aliphatic hydroxyl groups is 2. The van der Waals surface area contributed by atoms with Crippen LogP contribution in [0, 0.1) is 11.3 Å². The highest BCUT2D eigenvalue weighted by molar-refractivity contribution is 5.77. The highest BCUT2D eigenvalue weighted by Gasteiger charge is 2.44. The Hall–Kier alpha value is -1.69. The fourth-order valence-electron chi connectivity index (χ4n) is 5.65. The Morgan fingerprint density at radius 3 is 2.78 bits per heavy atom. The highest BCUT2D eigenvalue weighted by atomic mass is 16.6. The van der Waals surface area contributed by atoms with Gasteiger partial charge in [-0.25, -0.2) is 0 Å². The van der Waals surface area contributed by atoms with Crippen LogP contribution < -0.4 is 0 Å². The minimum absolute atomic E-state index is 0.0168. The summed E-state index contributed by atoms with van der Waals surface area (Å²) >= 11 is 0. The van der Waals surface area contributed by atoms with E-state index in [0.29, 0.717) is 11.5 Å². The molecule has 178 valence electrons. The van der Waals surface area contributed by atoms with E-state index in [2.05, 4.69) is 32.6 Å². The van der Waals surface area contributed by atoms with E-state index in [1.807, 2.05) is 19.9 Å². The molecule has 0 saturated heterocycles. The molecule has 4 atom stereocenters. The molecule has 0 heterocycles. The molecule has 0 bridgehead atoms. The van der Waals surface area contributed by atoms with Crippen molar-refractivity contribution in [3.8, 4) is 0 Å². The average molecular weight is 444 g/mol. The van der Waals surface area contributed by atoms with Gasteiger partial charge in [-0.1, -0.05) is 49.8 Å². The van der Waals surface area contributed by atoms with Crippen molar-refractivity contribution in [1.82, 2.24) is 4.90 Å². The predicted molar refractivity (Wildman–Crippen MR) is 128 cm³/mol. The summed E-state index contributed by atoms with van der Waals surface area (Å²) in [7, 11) is 1.72. The molecule has 0 aromatic carbocycles. The third kappa shape index (κ3) is 4.95. The normalized spacial score (nSPS) is 35.4. The lowest BCUT2D eigenvalue weighted by Crippen LogP contribution is -2.45. The molecule has 3 aliphatic rings. The summed E-state index contributed by atoms with van der Waals surface area (Å²) in [6, 6.07) is 0.0547. The molecule has 5 heteroatoms. The second-order valence-corrected chi connectivity index (χ2v) is 10.3. The standard InChI is InChI=1S/C27H41NO4/c1-7-22-12-13-23-20(9-8-14-26(22,23)5)10-11-21-15-27(31,16-24(29)19(21)4)32-17-25(30)28(6)18(2)3/h10-12,18,23-24,29,31H,4,7-9,13-17H2,1-3,5-6H3/t23?,24-,26+,27?/m0/s1. The SMILES string of the molecule is C=C1C(=CC=C2CCC[C@]3(C)C(CC)=CCC23)CC(O)(OCC(=O)N(C)C(C)C)C[C@@H]1O. The number of rotatable bonds is 6. The van der Waals surface area contributed by atoms with E-state index < -0.39 is 11.9 Å². The lowest BCUT2D eigenvalue weighted by Gasteiger charge is -2.41. The summed E-state index contributed by atoms with van der Waals surface area (Å²) in [5.41, 5.74) is 4.69. The van der Waals surface area contributed by atoms with Gasteiger partial charge in [-0.05, 0) is 68.4 Å². The Balaban J connectivity index is 1.75. The molecule has 2 unspecified atom stereocenters. The minimum atomic E-state index is -1.58. The zero-order chi connectivity index (χ0) is 23.7. The molecule has 0 aromatic rings. The monoisotopic (exact) mass is 443 g/mol. The molecule has 2 saturated carbocycles. The Bertz CT molecular complexity index is 839. The van der Waals surface area contributed by atoms with Crippen LogP contribution in [0.25, 0.3) is 0 Å². The van der Waals surface area contributed by atoms with E-state index in [4.69, 9.17) is 4.74 Å². The van der Waals surface area contributed by atoms with Gasteiger partial charge < -0.3 is 19.8 Å². The molecule has 3 rings (SSSR count). The lowest BCUT2D eigenvalue weighted by atomic mass is 9.64. The number of likely N-dealkylation sites (N-methyl/N-ethyl adjacent to an activating group) is 1. The number of hydrogen-bond donors (Lipinski definition) is 2. The Kier molecular flexibility index (Phi) is 7.53. The molecule has 2 fully saturated rings. The number of fused-ring (bicyclic) bond motifs is 1. The van der Waals surface area contributed by atoms with Crippen LogP contribution in [0.15, 0.2) is 47.1 Å². The zero-order valence-corrected chi connectivity index (χ0v) is 20.5. The Labute approximate surface area is 193 Å². The predicted octanol–water partition coefficient (Wildman–Crippen LogP) is 4.67. The van der Waals surface area contributed by atoms with Gasteiger partial charge >= 0.3 is 0 Å². The third-order valence-corrected chi connectivity index (χ3v) is 8.02. The summed E-state index contributed by atoms with van der Waals surface area (Å²) in [6.45, 7) is 12.3. The molecule has 0 aromatic heterocycles. The van der Waals surface area contributed by atoms with Crippen LogP contribution in [0.3, 0.4) is 0 Å². The lowest BCUT2D eigenvalue weighted by molar-refractivity contribution is -0.222. The van der Waals surface area contributed by atoms with Crippen molar-refractivity contribution in [1.29, 1.82) is 0 Å². The van der Waals surface area contributed by atoms with Crippen molar-refractivity contribution in [3.63, 3.8) is 0 Å². The first-order valence-electron chi connectivity index (χ1n) is 12.1. The molecular formula is C27H41NO4. The molecule has 1 amide bonds. The molecule has 32 heavy (non-hydrogen) atoms. The van der Waals surface area contributed by atoms with Crippen molar-refractivity contribution in [2.24, 2.45) is 11.3 Å². The molecule has 0 aliphatic heterocycles. The van der Waals surface area contributed by atoms with Crippen LogP contribution in [-0.2, 0) is 9.53 Å². The molecule has 5 nitrogen and oxygen atoms in total. The summed E-state index contributed by atoms with van der Waals surface area (Å²) in [5, 5.41) is 21.6. The van der Waals surface area contributed by atoms with Crippen LogP contribution in [-0.4, -0.2) is 52.6 Å². The topological polar surface area (TPSA) is 70.0 Å². The number of carbonyl (C=O) groups is 1. The maximum atomic E-state index is 12.3. The number of allylic oxidation sites excluding steroid dienone is 5. The molecule has 2 N–H and O–H groups in total. The van der Waals surface area contributed by atoms with Gasteiger partial charge in [-0.2, -0.15) is 0 Å². The first kappa shape index (κ1) is 24.9. The number of amides is 1. The van der Waals surface area contributed by atoms with Gasteiger partial charge in [-0.3, -0.25) is 4.79 Å². The van der Waals surface area contributed by atoms with Gasteiger partial charge in [0.25, 0.3) is 0 Å². The van der Waals surface area contributed by atoms with E-state index in [0.717, 1.165) is 24.8 Å². The molecule has 0 spiro atoms. The summed E-state index contributed by atoms with van der Waals surface area (Å²) in [4.78, 5) is 13.9. The van der Waals surface area contributed by atoms with Gasteiger partial charge in [0, 0.05) is 25.9 Å². The quantitative estimate of drug-likeness (QED) is 0.462. The first-order chi connectivity index (χ1) is 15.0. The number of aliphatic hydroxyl groups excluding tert-OH is 1. The van der Waals surface area contributed by atoms with E-state index in [1.54, 1.807) is 17.5 Å². The van der Waals surface area contributed by atoms with Crippen molar-refractivity contribution in [2.45, 2.75) is 90.6 Å². The zero-order valence-electron chi connectivity index (χ0n) is 20.5. The molecule has 0 radical (unpaired) electrons. The first-order valence-corrected chi connectivity index (χ1v) is 12.1. The van der Waals surface area contributed by atoms with E-state index in [1.165, 1.54) is 18.4 Å². The number of ether oxygens (including phenoxy) is 1. The van der Waals surface area contributed by atoms with E-state index >= 15 is 0 Å². The molecule has 3 aliphatic carbocycles. The summed E-state index contributed by atoms with van der Waals surface area (Å²) in [5.74, 6) is -1.24. The van der Waals surface area contributed by atoms with Crippen molar-refractivity contribution >= 4 is 5.91 Å². The highest BCUT2D eigenvalue weighted by Crippen LogP contribution is 2.55. The van der Waals surface area contributed by atoms with Crippen LogP contribution in [0.2, 0.25) is 0 Å². The number of hydrogen-bond acceptors (Lipinski definition) is 4. The maximum absolute atomic E-state index is 12.3. The van der Waals surface area contributed by atoms with Crippen LogP contribution in [0.5, 0.6) is 0 Å².